The third kappa shape index (κ3) is 5.94. The molecule has 0 aliphatic carbocycles. The van der Waals surface area contributed by atoms with Gasteiger partial charge < -0.3 is 30.7 Å². The van der Waals surface area contributed by atoms with Crippen LogP contribution in [0.3, 0.4) is 0 Å². The number of carbonyl (C=O) groups is 5. The summed E-state index contributed by atoms with van der Waals surface area (Å²) in [7, 11) is 0. The van der Waals surface area contributed by atoms with Crippen molar-refractivity contribution in [3.05, 3.63) is 87.1 Å². The van der Waals surface area contributed by atoms with Crippen LogP contribution >= 0.6 is 11.8 Å². The van der Waals surface area contributed by atoms with E-state index in [1.54, 1.807) is 44.2 Å². The zero-order valence-electron chi connectivity index (χ0n) is 27.3. The molecule has 0 radical (unpaired) electrons. The number of β-lactam (4-membered cyclic amide) rings is 1. The van der Waals surface area contributed by atoms with Crippen molar-refractivity contribution >= 4 is 47.0 Å². The van der Waals surface area contributed by atoms with Gasteiger partial charge in [0.15, 0.2) is 6.04 Å². The number of carboxylic acids is 1. The lowest BCUT2D eigenvalue weighted by Gasteiger charge is -2.48. The Bertz CT molecular complexity index is 1980. The van der Waals surface area contributed by atoms with Crippen LogP contribution in [0.15, 0.2) is 65.5 Å². The number of H-pyrrole nitrogens is 1. The lowest BCUT2D eigenvalue weighted by Crippen LogP contribution is -2.71. The molecule has 16 heteroatoms. The Hall–Kier alpha value is -5.35. The number of nitrogens with two attached hydrogens (primary N) is 1. The van der Waals surface area contributed by atoms with Gasteiger partial charge >= 0.3 is 11.9 Å². The Labute approximate surface area is 289 Å². The quantitative estimate of drug-likeness (QED) is 0.186. The van der Waals surface area contributed by atoms with Crippen LogP contribution in [0.2, 0.25) is 0 Å². The predicted molar refractivity (Wildman–Crippen MR) is 181 cm³/mol. The number of pyridine rings is 1. The average Bonchev–Trinajstić information content (AvgIpc) is 3.53. The largest absolute Gasteiger partial charge is 0.508 e. The molecule has 5 N–H and O–H groups in total. The lowest BCUT2D eigenvalue weighted by molar-refractivity contribution is -0.453. The van der Waals surface area contributed by atoms with Gasteiger partial charge in [0.1, 0.15) is 29.2 Å². The standard InChI is InChI=1S/C34H34N6O9S/c1-17(41)39(24-14-15-38(49)29(24)44)21-9-4-18(5-10-21)23-13-8-20(28(43)36-23)16-37(30(45)25(35)19-6-11-22(42)12-7-19)26-31(46)40-27(33(47)48)34(2,3)50-32(26)40/h4-13,24-27,32H,14-16,35H2,1-3H3,(H2-,36,42,43,47,48)/p+1/t24?,25?,26-,27+,32-/m1/s1. The average molecular weight is 704 g/mol. The molecule has 3 aromatic rings. The molecule has 3 saturated heterocycles. The van der Waals surface area contributed by atoms with Crippen molar-refractivity contribution in [2.75, 3.05) is 11.4 Å². The van der Waals surface area contributed by atoms with Gasteiger partial charge in [-0.3, -0.25) is 24.1 Å². The molecular formula is C34H35N6O9S+. The molecule has 3 fully saturated rings. The van der Waals surface area contributed by atoms with Crippen LogP contribution in [0.4, 0.5) is 5.69 Å². The first-order valence-corrected chi connectivity index (χ1v) is 16.7. The first-order valence-electron chi connectivity index (χ1n) is 15.8. The number of aromatic nitrogens is 1. The van der Waals surface area contributed by atoms with Crippen LogP contribution in [0.1, 0.15) is 44.4 Å². The highest BCUT2D eigenvalue weighted by Gasteiger charge is 2.66. The van der Waals surface area contributed by atoms with E-state index >= 15 is 0 Å². The SMILES string of the molecule is CC(=O)N(c1ccc(-c2ccc(CN(C(=O)C(N)c3ccc(O)cc3)[C@@H]3C(=O)N4[C@@H]3SC(C)(C)[C@@H]4C(=O)O)c(=O)[nH]2)cc1)C1CC[N+](=O)C1=O. The van der Waals surface area contributed by atoms with Gasteiger partial charge in [-0.2, -0.15) is 0 Å². The molecule has 6 rings (SSSR count). The number of fused-ring (bicyclic) bond motifs is 1. The lowest BCUT2D eigenvalue weighted by atomic mass is 9.94. The molecule has 2 aromatic carbocycles. The van der Waals surface area contributed by atoms with Crippen molar-refractivity contribution in [1.29, 1.82) is 0 Å². The summed E-state index contributed by atoms with van der Waals surface area (Å²) in [5.41, 5.74) is 7.71. The number of phenols is 1. The Balaban J connectivity index is 1.28. The molecule has 4 heterocycles. The van der Waals surface area contributed by atoms with E-state index in [0.717, 1.165) is 0 Å². The third-order valence-corrected chi connectivity index (χ3v) is 10.9. The Kier molecular flexibility index (Phi) is 8.86. The summed E-state index contributed by atoms with van der Waals surface area (Å²) in [6, 6.07) is 11.0. The number of benzene rings is 2. The number of hydrogen-bond donors (Lipinski definition) is 4. The predicted octanol–water partition coefficient (Wildman–Crippen LogP) is 1.72. The zero-order chi connectivity index (χ0) is 36.2. The molecule has 5 atom stereocenters. The van der Waals surface area contributed by atoms with E-state index in [1.165, 1.54) is 63.7 Å². The minimum Gasteiger partial charge on any atom is -0.508 e. The molecule has 50 heavy (non-hydrogen) atoms. The molecule has 2 unspecified atom stereocenters. The van der Waals surface area contributed by atoms with Crippen LogP contribution in [0.5, 0.6) is 5.75 Å². The molecule has 0 saturated carbocycles. The number of carbonyl (C=O) groups excluding carboxylic acids is 4. The van der Waals surface area contributed by atoms with E-state index < -0.39 is 69.4 Å². The van der Waals surface area contributed by atoms with Crippen LogP contribution in [0, 0.1) is 4.91 Å². The fraction of sp³-hybridized carbons (Fsp3) is 0.353. The highest BCUT2D eigenvalue weighted by Crippen LogP contribution is 2.52. The molecule has 0 spiro atoms. The van der Waals surface area contributed by atoms with Crippen molar-refractivity contribution in [3.8, 4) is 17.0 Å². The van der Waals surface area contributed by atoms with Gasteiger partial charge in [0.05, 0.1) is 11.3 Å². The number of aromatic amines is 1. The molecule has 3 aliphatic heterocycles. The van der Waals surface area contributed by atoms with Crippen LogP contribution in [0.25, 0.3) is 11.3 Å². The molecule has 15 nitrogen and oxygen atoms in total. The number of phenolic OH excluding ortho intramolecular Hbond substituents is 1. The molecule has 4 amide bonds. The number of rotatable bonds is 9. The van der Waals surface area contributed by atoms with Gasteiger partial charge in [-0.15, -0.1) is 11.8 Å². The normalized spacial score (nSPS) is 22.9. The second-order valence-electron chi connectivity index (χ2n) is 13.0. The number of nitrogens with one attached hydrogen (secondary N) is 1. The van der Waals surface area contributed by atoms with Gasteiger partial charge in [0, 0.05) is 39.9 Å². The number of thioether (sulfide) groups is 1. The van der Waals surface area contributed by atoms with E-state index in [0.29, 0.717) is 27.3 Å². The summed E-state index contributed by atoms with van der Waals surface area (Å²) < 4.78 is -0.512. The molecule has 0 bridgehead atoms. The summed E-state index contributed by atoms with van der Waals surface area (Å²) in [5, 5.41) is 18.9. The monoisotopic (exact) mass is 703 g/mol. The van der Waals surface area contributed by atoms with Crippen molar-refractivity contribution in [2.45, 2.75) is 68.0 Å². The van der Waals surface area contributed by atoms with Crippen molar-refractivity contribution in [2.24, 2.45) is 5.73 Å². The number of aliphatic carboxylic acids is 1. The van der Waals surface area contributed by atoms with E-state index in [9.17, 15) is 43.9 Å². The van der Waals surface area contributed by atoms with E-state index in [-0.39, 0.29) is 30.8 Å². The van der Waals surface area contributed by atoms with E-state index in [4.69, 9.17) is 5.73 Å². The third-order valence-electron chi connectivity index (χ3n) is 9.36. The second kappa shape index (κ2) is 12.8. The van der Waals surface area contributed by atoms with Gasteiger partial charge in [-0.25, -0.2) is 9.59 Å². The van der Waals surface area contributed by atoms with Crippen molar-refractivity contribution in [1.82, 2.24) is 14.8 Å². The Morgan fingerprint density at radius 2 is 1.72 bits per heavy atom. The van der Waals surface area contributed by atoms with Crippen LogP contribution < -0.4 is 16.2 Å². The zero-order valence-corrected chi connectivity index (χ0v) is 28.1. The van der Waals surface area contributed by atoms with Crippen molar-refractivity contribution < 1.29 is 38.9 Å². The molecule has 260 valence electrons. The van der Waals surface area contributed by atoms with Gasteiger partial charge in [-0.1, -0.05) is 24.3 Å². The van der Waals surface area contributed by atoms with Gasteiger partial charge in [0.25, 0.3) is 5.56 Å². The summed E-state index contributed by atoms with van der Waals surface area (Å²) >= 11 is 1.26. The highest BCUT2D eigenvalue weighted by molar-refractivity contribution is 8.01. The number of hydrogen-bond acceptors (Lipinski definition) is 10. The van der Waals surface area contributed by atoms with Crippen LogP contribution in [-0.4, -0.2) is 94.1 Å². The Morgan fingerprint density at radius 3 is 2.28 bits per heavy atom. The number of anilines is 1. The van der Waals surface area contributed by atoms with E-state index in [1.807, 2.05) is 0 Å². The number of nitrogens with zero attached hydrogens (tertiary/aromatic N) is 4. The minimum atomic E-state index is -1.25. The summed E-state index contributed by atoms with van der Waals surface area (Å²) in [6.45, 7) is 4.43. The highest BCUT2D eigenvalue weighted by atomic mass is 32.2. The van der Waals surface area contributed by atoms with E-state index in [2.05, 4.69) is 4.98 Å². The van der Waals surface area contributed by atoms with Gasteiger partial charge in [0.2, 0.25) is 24.3 Å². The van der Waals surface area contributed by atoms with Crippen LogP contribution in [-0.2, 0) is 30.5 Å². The summed E-state index contributed by atoms with van der Waals surface area (Å²) in [5.74, 6) is -3.52. The summed E-state index contributed by atoms with van der Waals surface area (Å²) in [6.07, 6.45) is 0.208. The maximum absolute atomic E-state index is 14.0. The minimum absolute atomic E-state index is 0.00177. The first kappa shape index (κ1) is 34.5. The number of nitroso groups, excluding NO2 is 1. The smallest absolute Gasteiger partial charge is 0.455 e. The summed E-state index contributed by atoms with van der Waals surface area (Å²) in [4.78, 5) is 96.2. The number of carboxylic acid groups (broad SMARTS) is 1. The number of amides is 4. The maximum atomic E-state index is 14.0. The maximum Gasteiger partial charge on any atom is 0.455 e. The molecule has 3 aliphatic rings. The number of aromatic hydroxyl groups is 1. The second-order valence-corrected chi connectivity index (χ2v) is 14.8. The first-order chi connectivity index (χ1) is 23.6. The fourth-order valence-corrected chi connectivity index (χ4v) is 8.54. The van der Waals surface area contributed by atoms with Gasteiger partial charge in [-0.05, 0) is 61.4 Å². The van der Waals surface area contributed by atoms with Crippen molar-refractivity contribution in [3.63, 3.8) is 0 Å². The molecule has 1 aromatic heterocycles. The topological polar surface area (TPSA) is 214 Å². The fourth-order valence-electron chi connectivity index (χ4n) is 6.84. The Morgan fingerprint density at radius 1 is 1.06 bits per heavy atom. The molecular weight excluding hydrogens is 668 g/mol.